The Morgan fingerprint density at radius 2 is 2.23 bits per heavy atom. The standard InChI is InChI=1S/C13H16N4O5/c14-4-2-1-3-7-5-17(13(21)16-11(7)15)12-10(20)9(19)8(6-18)22-12/h1,3,5,8-10,12,18-20H,2,6H2,(H2,15,16,21)/b3-1+/t8-,9-,10-,12-/m1/s1. The number of nitriles is 1. The minimum absolute atomic E-state index is 0.0258. The first-order valence-corrected chi connectivity index (χ1v) is 6.54. The summed E-state index contributed by atoms with van der Waals surface area (Å²) in [6.07, 6.45) is -0.362. The zero-order valence-electron chi connectivity index (χ0n) is 11.5. The second-order valence-corrected chi connectivity index (χ2v) is 4.76. The Morgan fingerprint density at radius 3 is 2.82 bits per heavy atom. The van der Waals surface area contributed by atoms with Gasteiger partial charge in [0, 0.05) is 11.8 Å². The predicted octanol–water partition coefficient (Wildman–Crippen LogP) is -1.64. The van der Waals surface area contributed by atoms with Crippen LogP contribution in [-0.2, 0) is 4.74 Å². The van der Waals surface area contributed by atoms with Crippen molar-refractivity contribution in [3.05, 3.63) is 28.3 Å². The molecule has 2 rings (SSSR count). The molecule has 5 N–H and O–H groups in total. The van der Waals surface area contributed by atoms with Crippen LogP contribution in [0.3, 0.4) is 0 Å². The van der Waals surface area contributed by atoms with E-state index in [1.807, 2.05) is 6.07 Å². The van der Waals surface area contributed by atoms with Gasteiger partial charge in [-0.3, -0.25) is 4.57 Å². The fraction of sp³-hybridized carbons (Fsp3) is 0.462. The lowest BCUT2D eigenvalue weighted by molar-refractivity contribution is -0.0549. The summed E-state index contributed by atoms with van der Waals surface area (Å²) in [6, 6.07) is 1.92. The zero-order valence-corrected chi connectivity index (χ0v) is 11.5. The number of aliphatic hydroxyl groups is 3. The lowest BCUT2D eigenvalue weighted by Gasteiger charge is -2.18. The number of rotatable bonds is 4. The third kappa shape index (κ3) is 3.00. The van der Waals surface area contributed by atoms with Gasteiger partial charge in [-0.2, -0.15) is 10.2 Å². The molecule has 1 aromatic rings. The molecule has 0 aromatic carbocycles. The van der Waals surface area contributed by atoms with Crippen molar-refractivity contribution in [2.24, 2.45) is 0 Å². The van der Waals surface area contributed by atoms with Gasteiger partial charge in [0.1, 0.15) is 24.1 Å². The summed E-state index contributed by atoms with van der Waals surface area (Å²) in [6.45, 7) is -0.499. The van der Waals surface area contributed by atoms with Crippen LogP contribution in [0.25, 0.3) is 6.08 Å². The summed E-state index contributed by atoms with van der Waals surface area (Å²) >= 11 is 0. The van der Waals surface area contributed by atoms with Crippen molar-refractivity contribution in [1.29, 1.82) is 5.26 Å². The zero-order chi connectivity index (χ0) is 16.3. The van der Waals surface area contributed by atoms with Gasteiger partial charge in [-0.15, -0.1) is 0 Å². The van der Waals surface area contributed by atoms with E-state index in [1.165, 1.54) is 12.3 Å². The number of aliphatic hydroxyl groups excluding tert-OH is 3. The average Bonchev–Trinajstić information content (AvgIpc) is 2.77. The van der Waals surface area contributed by atoms with Gasteiger partial charge in [0.2, 0.25) is 0 Å². The van der Waals surface area contributed by atoms with Gasteiger partial charge < -0.3 is 25.8 Å². The van der Waals surface area contributed by atoms with Crippen molar-refractivity contribution in [3.8, 4) is 6.07 Å². The molecule has 2 heterocycles. The van der Waals surface area contributed by atoms with E-state index in [-0.39, 0.29) is 12.2 Å². The van der Waals surface area contributed by atoms with Gasteiger partial charge in [0.25, 0.3) is 0 Å². The van der Waals surface area contributed by atoms with Gasteiger partial charge in [0.15, 0.2) is 6.23 Å². The van der Waals surface area contributed by atoms with Crippen molar-refractivity contribution in [3.63, 3.8) is 0 Å². The van der Waals surface area contributed by atoms with E-state index in [0.29, 0.717) is 5.56 Å². The molecule has 0 amide bonds. The van der Waals surface area contributed by atoms with E-state index in [1.54, 1.807) is 6.08 Å². The molecule has 9 heteroatoms. The van der Waals surface area contributed by atoms with E-state index in [4.69, 9.17) is 20.8 Å². The van der Waals surface area contributed by atoms with Crippen molar-refractivity contribution in [1.82, 2.24) is 9.55 Å². The highest BCUT2D eigenvalue weighted by molar-refractivity contribution is 5.59. The molecule has 0 aliphatic carbocycles. The quantitative estimate of drug-likeness (QED) is 0.516. The number of hydrogen-bond acceptors (Lipinski definition) is 8. The van der Waals surface area contributed by atoms with Crippen LogP contribution < -0.4 is 11.4 Å². The highest BCUT2D eigenvalue weighted by atomic mass is 16.6. The minimum Gasteiger partial charge on any atom is -0.394 e. The van der Waals surface area contributed by atoms with Crippen molar-refractivity contribution >= 4 is 11.9 Å². The highest BCUT2D eigenvalue weighted by Crippen LogP contribution is 2.28. The number of allylic oxidation sites excluding steroid dienone is 1. The first-order valence-electron chi connectivity index (χ1n) is 6.54. The van der Waals surface area contributed by atoms with Crippen molar-refractivity contribution in [2.45, 2.75) is 31.0 Å². The molecule has 22 heavy (non-hydrogen) atoms. The lowest BCUT2D eigenvalue weighted by atomic mass is 10.1. The summed E-state index contributed by atoms with van der Waals surface area (Å²) in [7, 11) is 0. The number of anilines is 1. The maximum absolute atomic E-state index is 11.9. The molecule has 1 saturated heterocycles. The number of aromatic nitrogens is 2. The third-order valence-electron chi connectivity index (χ3n) is 3.31. The van der Waals surface area contributed by atoms with Crippen LogP contribution in [0.15, 0.2) is 17.1 Å². The summed E-state index contributed by atoms with van der Waals surface area (Å²) in [5.41, 5.74) is 5.24. The Hall–Kier alpha value is -2.25. The first kappa shape index (κ1) is 16.1. The highest BCUT2D eigenvalue weighted by Gasteiger charge is 2.43. The lowest BCUT2D eigenvalue weighted by Crippen LogP contribution is -2.36. The van der Waals surface area contributed by atoms with Crippen LogP contribution >= 0.6 is 0 Å². The van der Waals surface area contributed by atoms with E-state index in [0.717, 1.165) is 4.57 Å². The molecule has 0 unspecified atom stereocenters. The molecule has 0 spiro atoms. The third-order valence-corrected chi connectivity index (χ3v) is 3.31. The maximum Gasteiger partial charge on any atom is 0.351 e. The van der Waals surface area contributed by atoms with Gasteiger partial charge in [-0.1, -0.05) is 12.2 Å². The molecule has 0 bridgehead atoms. The summed E-state index contributed by atoms with van der Waals surface area (Å²) in [5, 5.41) is 37.2. The molecular weight excluding hydrogens is 292 g/mol. The SMILES string of the molecule is N#CC/C=C/c1cn([C@@H]2O[C@H](CO)[C@@H](O)[C@H]2O)c(=O)nc1N. The first-order chi connectivity index (χ1) is 10.5. The largest absolute Gasteiger partial charge is 0.394 e. The Morgan fingerprint density at radius 1 is 1.50 bits per heavy atom. The molecular formula is C13H16N4O5. The van der Waals surface area contributed by atoms with Crippen molar-refractivity contribution < 1.29 is 20.1 Å². The van der Waals surface area contributed by atoms with Gasteiger partial charge in [-0.05, 0) is 0 Å². The molecule has 9 nitrogen and oxygen atoms in total. The topological polar surface area (TPSA) is 155 Å². The van der Waals surface area contributed by atoms with Crippen LogP contribution in [0.5, 0.6) is 0 Å². The van der Waals surface area contributed by atoms with Crippen LogP contribution in [0.2, 0.25) is 0 Å². The number of hydrogen-bond donors (Lipinski definition) is 4. The summed E-state index contributed by atoms with van der Waals surface area (Å²) < 4.78 is 6.27. The maximum atomic E-state index is 11.9. The van der Waals surface area contributed by atoms with Crippen molar-refractivity contribution in [2.75, 3.05) is 12.3 Å². The van der Waals surface area contributed by atoms with Crippen LogP contribution in [0, 0.1) is 11.3 Å². The summed E-state index contributed by atoms with van der Waals surface area (Å²) in [4.78, 5) is 15.5. The fourth-order valence-corrected chi connectivity index (χ4v) is 2.16. The van der Waals surface area contributed by atoms with Crippen LogP contribution in [0.4, 0.5) is 5.82 Å². The molecule has 0 saturated carbocycles. The van der Waals surface area contributed by atoms with E-state index < -0.39 is 36.8 Å². The van der Waals surface area contributed by atoms with Gasteiger partial charge in [0.05, 0.1) is 19.1 Å². The Balaban J connectivity index is 2.37. The summed E-state index contributed by atoms with van der Waals surface area (Å²) in [5.74, 6) is -0.0258. The predicted molar refractivity (Wildman–Crippen MR) is 75.2 cm³/mol. The fourth-order valence-electron chi connectivity index (χ4n) is 2.16. The van der Waals surface area contributed by atoms with Crippen LogP contribution in [-0.4, -0.2) is 49.8 Å². The van der Waals surface area contributed by atoms with E-state index in [2.05, 4.69) is 4.98 Å². The molecule has 0 radical (unpaired) electrons. The molecule has 1 aromatic heterocycles. The number of nitrogens with two attached hydrogens (primary N) is 1. The average molecular weight is 308 g/mol. The molecule has 118 valence electrons. The molecule has 1 fully saturated rings. The normalized spacial score (nSPS) is 28.1. The Kier molecular flexibility index (Phi) is 4.89. The van der Waals surface area contributed by atoms with Crippen LogP contribution in [0.1, 0.15) is 18.2 Å². The smallest absolute Gasteiger partial charge is 0.351 e. The Labute approximate surface area is 125 Å². The number of nitrogens with zero attached hydrogens (tertiary/aromatic N) is 3. The molecule has 1 aliphatic rings. The molecule has 1 aliphatic heterocycles. The monoisotopic (exact) mass is 308 g/mol. The minimum atomic E-state index is -1.39. The number of ether oxygens (including phenoxy) is 1. The Bertz CT molecular complexity index is 665. The molecule has 4 atom stereocenters. The second-order valence-electron chi connectivity index (χ2n) is 4.76. The van der Waals surface area contributed by atoms with E-state index >= 15 is 0 Å². The number of nitrogen functional groups attached to an aromatic ring is 1. The second kappa shape index (κ2) is 6.67. The van der Waals surface area contributed by atoms with E-state index in [9.17, 15) is 15.0 Å². The van der Waals surface area contributed by atoms with Gasteiger partial charge in [-0.25, -0.2) is 4.79 Å². The van der Waals surface area contributed by atoms with Gasteiger partial charge >= 0.3 is 5.69 Å².